The van der Waals surface area contributed by atoms with Crippen LogP contribution in [0.4, 0.5) is 5.69 Å². The van der Waals surface area contributed by atoms with Gasteiger partial charge in [-0.15, -0.1) is 0 Å². The Kier molecular flexibility index (Phi) is 5.35. The molecule has 0 aromatic heterocycles. The molecule has 2 N–H and O–H groups in total. The zero-order valence-corrected chi connectivity index (χ0v) is 12.5. The molecule has 1 aromatic rings. The van der Waals surface area contributed by atoms with Crippen LogP contribution in [0.5, 0.6) is 0 Å². The lowest BCUT2D eigenvalue weighted by Crippen LogP contribution is -2.39. The Bertz CT molecular complexity index is 485. The molecular weight excluding hydrogens is 272 g/mol. The molecule has 4 nitrogen and oxygen atoms in total. The van der Waals surface area contributed by atoms with Gasteiger partial charge < -0.3 is 15.4 Å². The molecule has 0 bridgehead atoms. The molecule has 20 heavy (non-hydrogen) atoms. The van der Waals surface area contributed by atoms with E-state index in [9.17, 15) is 4.79 Å². The molecule has 0 atom stereocenters. The first-order valence-electron chi connectivity index (χ1n) is 6.95. The van der Waals surface area contributed by atoms with E-state index in [4.69, 9.17) is 17.0 Å². The van der Waals surface area contributed by atoms with E-state index in [2.05, 4.69) is 10.6 Å². The van der Waals surface area contributed by atoms with E-state index in [0.29, 0.717) is 22.4 Å². The molecule has 1 aliphatic carbocycles. The predicted octanol–water partition coefficient (Wildman–Crippen LogP) is 3.09. The summed E-state index contributed by atoms with van der Waals surface area (Å²) in [6.07, 6.45) is 6.11. The molecule has 0 heterocycles. The van der Waals surface area contributed by atoms with Crippen molar-refractivity contribution in [3.8, 4) is 0 Å². The third-order valence-electron chi connectivity index (χ3n) is 3.52. The number of thiocarbonyl (C=S) groups is 1. The van der Waals surface area contributed by atoms with Crippen LogP contribution in [0.2, 0.25) is 0 Å². The molecule has 1 aromatic carbocycles. The molecule has 1 saturated carbocycles. The maximum Gasteiger partial charge on any atom is 0.339 e. The number of hydrogen-bond acceptors (Lipinski definition) is 3. The van der Waals surface area contributed by atoms with E-state index >= 15 is 0 Å². The largest absolute Gasteiger partial charge is 0.465 e. The lowest BCUT2D eigenvalue weighted by molar-refractivity contribution is 0.0602. The van der Waals surface area contributed by atoms with Gasteiger partial charge in [0, 0.05) is 6.04 Å². The topological polar surface area (TPSA) is 50.4 Å². The second-order valence-corrected chi connectivity index (χ2v) is 5.38. The summed E-state index contributed by atoms with van der Waals surface area (Å²) in [6, 6.07) is 7.64. The molecule has 2 rings (SSSR count). The van der Waals surface area contributed by atoms with Gasteiger partial charge in [-0.1, -0.05) is 31.4 Å². The number of benzene rings is 1. The summed E-state index contributed by atoms with van der Waals surface area (Å²) in [5.74, 6) is -0.367. The van der Waals surface area contributed by atoms with Crippen molar-refractivity contribution in [1.29, 1.82) is 0 Å². The van der Waals surface area contributed by atoms with Crippen LogP contribution < -0.4 is 10.6 Å². The van der Waals surface area contributed by atoms with Gasteiger partial charge in [0.2, 0.25) is 0 Å². The molecule has 0 amide bonds. The van der Waals surface area contributed by atoms with Gasteiger partial charge in [-0.05, 0) is 37.2 Å². The molecule has 5 heteroatoms. The highest BCUT2D eigenvalue weighted by atomic mass is 32.1. The Hall–Kier alpha value is -1.62. The van der Waals surface area contributed by atoms with E-state index in [-0.39, 0.29) is 5.97 Å². The fourth-order valence-corrected chi connectivity index (χ4v) is 2.75. The highest BCUT2D eigenvalue weighted by Crippen LogP contribution is 2.19. The minimum atomic E-state index is -0.367. The molecule has 108 valence electrons. The molecule has 1 fully saturated rings. The first-order valence-corrected chi connectivity index (χ1v) is 7.36. The molecule has 0 saturated heterocycles. The normalized spacial score (nSPS) is 15.4. The Balaban J connectivity index is 1.98. The van der Waals surface area contributed by atoms with Crippen LogP contribution in [-0.2, 0) is 4.74 Å². The predicted molar refractivity (Wildman–Crippen MR) is 84.0 cm³/mol. The highest BCUT2D eigenvalue weighted by Gasteiger charge is 2.16. The molecule has 0 aliphatic heterocycles. The molecule has 1 aliphatic rings. The number of hydrogen-bond donors (Lipinski definition) is 2. The SMILES string of the molecule is COC(=O)c1ccccc1NC(=S)NC1CCCCC1. The smallest absolute Gasteiger partial charge is 0.339 e. The maximum atomic E-state index is 11.7. The van der Waals surface area contributed by atoms with E-state index in [1.807, 2.05) is 12.1 Å². The lowest BCUT2D eigenvalue weighted by Gasteiger charge is -2.24. The van der Waals surface area contributed by atoms with Gasteiger partial charge >= 0.3 is 5.97 Å². The van der Waals surface area contributed by atoms with E-state index in [0.717, 1.165) is 12.8 Å². The number of carbonyl (C=O) groups is 1. The molecular formula is C15H20N2O2S. The lowest BCUT2D eigenvalue weighted by atomic mass is 9.96. The minimum Gasteiger partial charge on any atom is -0.465 e. The van der Waals surface area contributed by atoms with Crippen LogP contribution in [0.25, 0.3) is 0 Å². The Morgan fingerprint density at radius 2 is 1.95 bits per heavy atom. The molecule has 0 unspecified atom stereocenters. The van der Waals surface area contributed by atoms with Crippen molar-refractivity contribution in [1.82, 2.24) is 5.32 Å². The summed E-state index contributed by atoms with van der Waals surface area (Å²) in [5, 5.41) is 6.98. The van der Waals surface area contributed by atoms with Crippen molar-refractivity contribution in [2.24, 2.45) is 0 Å². The van der Waals surface area contributed by atoms with Crippen molar-refractivity contribution < 1.29 is 9.53 Å². The number of ether oxygens (including phenoxy) is 1. The first-order chi connectivity index (χ1) is 9.70. The van der Waals surface area contributed by atoms with Crippen LogP contribution in [0.15, 0.2) is 24.3 Å². The van der Waals surface area contributed by atoms with E-state index < -0.39 is 0 Å². The summed E-state index contributed by atoms with van der Waals surface area (Å²) < 4.78 is 4.77. The average molecular weight is 292 g/mol. The van der Waals surface area contributed by atoms with Crippen molar-refractivity contribution in [2.45, 2.75) is 38.1 Å². The van der Waals surface area contributed by atoms with Gasteiger partial charge in [0.1, 0.15) is 0 Å². The van der Waals surface area contributed by atoms with Gasteiger partial charge in [0.25, 0.3) is 0 Å². The van der Waals surface area contributed by atoms with Crippen LogP contribution in [0.3, 0.4) is 0 Å². The Labute approximate surface area is 124 Å². The van der Waals surface area contributed by atoms with Crippen molar-refractivity contribution >= 4 is 29.0 Å². The number of nitrogens with one attached hydrogen (secondary N) is 2. The minimum absolute atomic E-state index is 0.367. The zero-order valence-electron chi connectivity index (χ0n) is 11.6. The fourth-order valence-electron chi connectivity index (χ4n) is 2.47. The van der Waals surface area contributed by atoms with Gasteiger partial charge in [-0.25, -0.2) is 4.79 Å². The summed E-state index contributed by atoms with van der Waals surface area (Å²) in [7, 11) is 1.37. The van der Waals surface area contributed by atoms with Crippen molar-refractivity contribution in [3.05, 3.63) is 29.8 Å². The third kappa shape index (κ3) is 3.93. The van der Waals surface area contributed by atoms with Crippen LogP contribution >= 0.6 is 12.2 Å². The van der Waals surface area contributed by atoms with Crippen molar-refractivity contribution in [2.75, 3.05) is 12.4 Å². The first kappa shape index (κ1) is 14.8. The van der Waals surface area contributed by atoms with Gasteiger partial charge in [-0.2, -0.15) is 0 Å². The van der Waals surface area contributed by atoms with Crippen LogP contribution in [0, 0.1) is 0 Å². The Morgan fingerprint density at radius 1 is 1.25 bits per heavy atom. The maximum absolute atomic E-state index is 11.7. The van der Waals surface area contributed by atoms with Crippen molar-refractivity contribution in [3.63, 3.8) is 0 Å². The van der Waals surface area contributed by atoms with E-state index in [1.165, 1.54) is 26.4 Å². The number of esters is 1. The quantitative estimate of drug-likeness (QED) is 0.662. The average Bonchev–Trinajstić information content (AvgIpc) is 2.48. The van der Waals surface area contributed by atoms with Gasteiger partial charge in [0.05, 0.1) is 18.4 Å². The number of rotatable bonds is 3. The van der Waals surface area contributed by atoms with Crippen LogP contribution in [0.1, 0.15) is 42.5 Å². The van der Waals surface area contributed by atoms with Crippen LogP contribution in [-0.4, -0.2) is 24.2 Å². The Morgan fingerprint density at radius 3 is 2.65 bits per heavy atom. The number of methoxy groups -OCH3 is 1. The summed E-state index contributed by atoms with van der Waals surface area (Å²) >= 11 is 5.32. The molecule has 0 spiro atoms. The zero-order chi connectivity index (χ0) is 14.4. The summed E-state index contributed by atoms with van der Waals surface area (Å²) in [4.78, 5) is 11.7. The number of para-hydroxylation sites is 1. The van der Waals surface area contributed by atoms with E-state index in [1.54, 1.807) is 12.1 Å². The second-order valence-electron chi connectivity index (χ2n) is 4.97. The molecule has 0 radical (unpaired) electrons. The highest BCUT2D eigenvalue weighted by molar-refractivity contribution is 7.80. The second kappa shape index (κ2) is 7.24. The number of carbonyl (C=O) groups excluding carboxylic acids is 1. The monoisotopic (exact) mass is 292 g/mol. The number of anilines is 1. The standard InChI is InChI=1S/C15H20N2O2S/c1-19-14(18)12-9-5-6-10-13(12)17-15(20)16-11-7-3-2-4-8-11/h5-6,9-11H,2-4,7-8H2,1H3,(H2,16,17,20). The fraction of sp³-hybridized carbons (Fsp3) is 0.467. The summed E-state index contributed by atoms with van der Waals surface area (Å²) in [5.41, 5.74) is 1.16. The van der Waals surface area contributed by atoms with Gasteiger partial charge in [0.15, 0.2) is 5.11 Å². The summed E-state index contributed by atoms with van der Waals surface area (Å²) in [6.45, 7) is 0. The third-order valence-corrected chi connectivity index (χ3v) is 3.74. The van der Waals surface area contributed by atoms with Gasteiger partial charge in [-0.3, -0.25) is 0 Å².